The van der Waals surface area contributed by atoms with E-state index >= 15 is 0 Å². The first kappa shape index (κ1) is 25.2. The van der Waals surface area contributed by atoms with E-state index in [-0.39, 0.29) is 32.0 Å². The Labute approximate surface area is 200 Å². The maximum atomic E-state index is 13.3. The van der Waals surface area contributed by atoms with Gasteiger partial charge in [-0.15, -0.1) is 6.58 Å². The predicted octanol–water partition coefficient (Wildman–Crippen LogP) is 3.02. The summed E-state index contributed by atoms with van der Waals surface area (Å²) in [6.45, 7) is 6.22. The van der Waals surface area contributed by atoms with E-state index in [4.69, 9.17) is 4.74 Å². The molecule has 2 aromatic carbocycles. The largest absolute Gasteiger partial charge is 0.497 e. The van der Waals surface area contributed by atoms with Crippen LogP contribution < -0.4 is 9.64 Å². The van der Waals surface area contributed by atoms with Crippen LogP contribution in [0.1, 0.15) is 24.5 Å². The molecule has 2 aromatic rings. The molecule has 0 spiro atoms. The van der Waals surface area contributed by atoms with Crippen molar-refractivity contribution in [1.82, 2.24) is 4.90 Å². The highest BCUT2D eigenvalue weighted by atomic mass is 16.5. The number of hydrogen-bond acceptors (Lipinski definition) is 5. The number of fused-ring (bicyclic) bond motifs is 1. The van der Waals surface area contributed by atoms with E-state index in [9.17, 15) is 19.8 Å². The summed E-state index contributed by atoms with van der Waals surface area (Å²) in [5, 5.41) is 21.0. The second-order valence-electron chi connectivity index (χ2n) is 8.30. The molecule has 1 aliphatic rings. The molecule has 0 saturated heterocycles. The lowest BCUT2D eigenvalue weighted by Gasteiger charge is -2.27. The summed E-state index contributed by atoms with van der Waals surface area (Å²) >= 11 is 0. The van der Waals surface area contributed by atoms with Crippen molar-refractivity contribution in [2.24, 2.45) is 5.92 Å². The Kier molecular flexibility index (Phi) is 8.26. The second-order valence-corrected chi connectivity index (χ2v) is 8.30. The lowest BCUT2D eigenvalue weighted by molar-refractivity contribution is -0.139. The summed E-state index contributed by atoms with van der Waals surface area (Å²) in [7, 11) is 1.53. The highest BCUT2D eigenvalue weighted by molar-refractivity contribution is 6.07. The number of aliphatic hydroxyl groups is 2. The van der Waals surface area contributed by atoms with Gasteiger partial charge in [-0.3, -0.25) is 9.59 Å². The van der Waals surface area contributed by atoms with Crippen LogP contribution >= 0.6 is 0 Å². The molecule has 7 nitrogen and oxygen atoms in total. The van der Waals surface area contributed by atoms with E-state index in [1.807, 2.05) is 30.3 Å². The molecule has 0 saturated carbocycles. The molecule has 180 valence electrons. The number of anilines is 1. The van der Waals surface area contributed by atoms with Gasteiger partial charge in [0.25, 0.3) is 5.91 Å². The van der Waals surface area contributed by atoms with Crippen LogP contribution in [0.5, 0.6) is 5.75 Å². The fraction of sp³-hybridized carbons (Fsp3) is 0.333. The SMILES string of the molecule is C=CCN1C(=O)[C@](O)([C@H](C)/C=C/CC(=O)N(CCO)Cc2ccccc2)c2cc(OC)ccc21. The molecule has 0 aromatic heterocycles. The van der Waals surface area contributed by atoms with Gasteiger partial charge in [0.05, 0.1) is 19.4 Å². The standard InChI is InChI=1S/C27H32N2O5/c1-4-15-29-24-14-13-22(34-3)18-23(24)27(33,26(29)32)20(2)9-8-12-25(31)28(16-17-30)19-21-10-6-5-7-11-21/h4-11,13-14,18,20,30,33H,1,12,15-17,19H2,2-3H3/b9-8+/t20-,27+/m1/s1. The van der Waals surface area contributed by atoms with Gasteiger partial charge in [-0.2, -0.15) is 0 Å². The normalized spacial score (nSPS) is 18.1. The quantitative estimate of drug-likeness (QED) is 0.499. The minimum atomic E-state index is -1.79. The van der Waals surface area contributed by atoms with Crippen molar-refractivity contribution < 1.29 is 24.5 Å². The third kappa shape index (κ3) is 5.05. The Hall–Kier alpha value is -3.42. The minimum absolute atomic E-state index is 0.0861. The Morgan fingerprint density at radius 3 is 2.65 bits per heavy atom. The summed E-state index contributed by atoms with van der Waals surface area (Å²) < 4.78 is 5.30. The number of benzene rings is 2. The van der Waals surface area contributed by atoms with Crippen LogP contribution in [0.2, 0.25) is 0 Å². The van der Waals surface area contributed by atoms with E-state index in [1.54, 1.807) is 48.3 Å². The highest BCUT2D eigenvalue weighted by Gasteiger charge is 2.52. The molecule has 34 heavy (non-hydrogen) atoms. The number of ether oxygens (including phenoxy) is 1. The average molecular weight is 465 g/mol. The van der Waals surface area contributed by atoms with Crippen LogP contribution in [0.4, 0.5) is 5.69 Å². The van der Waals surface area contributed by atoms with Gasteiger partial charge in [-0.25, -0.2) is 0 Å². The zero-order valence-electron chi connectivity index (χ0n) is 19.7. The zero-order valence-corrected chi connectivity index (χ0v) is 19.7. The molecule has 1 heterocycles. The van der Waals surface area contributed by atoms with Crippen molar-refractivity contribution in [3.63, 3.8) is 0 Å². The first-order valence-corrected chi connectivity index (χ1v) is 11.3. The van der Waals surface area contributed by atoms with Gasteiger partial charge in [0, 0.05) is 37.5 Å². The second kappa shape index (κ2) is 11.1. The summed E-state index contributed by atoms with van der Waals surface area (Å²) in [5.41, 5.74) is 0.261. The molecular weight excluding hydrogens is 432 g/mol. The summed E-state index contributed by atoms with van der Waals surface area (Å²) in [6.07, 6.45) is 5.06. The van der Waals surface area contributed by atoms with Crippen molar-refractivity contribution >= 4 is 17.5 Å². The molecule has 2 amide bonds. The smallest absolute Gasteiger partial charge is 0.264 e. The van der Waals surface area contributed by atoms with Crippen LogP contribution in [-0.4, -0.2) is 53.7 Å². The monoisotopic (exact) mass is 464 g/mol. The molecule has 0 radical (unpaired) electrons. The summed E-state index contributed by atoms with van der Waals surface area (Å²) in [4.78, 5) is 29.2. The molecule has 0 fully saturated rings. The first-order chi connectivity index (χ1) is 16.4. The molecule has 0 unspecified atom stereocenters. The molecule has 0 bridgehead atoms. The Balaban J connectivity index is 1.77. The predicted molar refractivity (Wildman–Crippen MR) is 131 cm³/mol. The summed E-state index contributed by atoms with van der Waals surface area (Å²) in [5.74, 6) is -0.655. The minimum Gasteiger partial charge on any atom is -0.497 e. The molecule has 7 heteroatoms. The van der Waals surface area contributed by atoms with Crippen LogP contribution in [0, 0.1) is 5.92 Å². The van der Waals surface area contributed by atoms with Crippen molar-refractivity contribution in [3.8, 4) is 5.75 Å². The average Bonchev–Trinajstić information content (AvgIpc) is 3.06. The molecule has 3 rings (SSSR count). The van der Waals surface area contributed by atoms with Crippen molar-refractivity contribution in [2.75, 3.05) is 31.7 Å². The number of nitrogens with zero attached hydrogens (tertiary/aromatic N) is 2. The maximum Gasteiger partial charge on any atom is 0.264 e. The molecular formula is C27H32N2O5. The van der Waals surface area contributed by atoms with Gasteiger partial charge in [-0.05, 0) is 23.8 Å². The first-order valence-electron chi connectivity index (χ1n) is 11.3. The molecule has 2 atom stereocenters. The van der Waals surface area contributed by atoms with Gasteiger partial charge >= 0.3 is 0 Å². The van der Waals surface area contributed by atoms with Crippen molar-refractivity contribution in [2.45, 2.75) is 25.5 Å². The number of carbonyl (C=O) groups excluding carboxylic acids is 2. The van der Waals surface area contributed by atoms with Crippen LogP contribution in [0.25, 0.3) is 0 Å². The number of rotatable bonds is 11. The van der Waals surface area contributed by atoms with Crippen LogP contribution in [-0.2, 0) is 21.7 Å². The maximum absolute atomic E-state index is 13.3. The Bertz CT molecular complexity index is 1050. The summed E-state index contributed by atoms with van der Waals surface area (Å²) in [6, 6.07) is 14.7. The van der Waals surface area contributed by atoms with Crippen molar-refractivity contribution in [3.05, 3.63) is 84.5 Å². The third-order valence-electron chi connectivity index (χ3n) is 6.10. The fourth-order valence-electron chi connectivity index (χ4n) is 4.22. The van der Waals surface area contributed by atoms with E-state index in [0.717, 1.165) is 5.56 Å². The highest BCUT2D eigenvalue weighted by Crippen LogP contribution is 2.46. The zero-order chi connectivity index (χ0) is 24.7. The van der Waals surface area contributed by atoms with Crippen LogP contribution in [0.15, 0.2) is 73.3 Å². The number of hydrogen-bond donors (Lipinski definition) is 2. The number of carbonyl (C=O) groups is 2. The van der Waals surface area contributed by atoms with E-state index in [1.165, 1.54) is 12.0 Å². The van der Waals surface area contributed by atoms with E-state index in [2.05, 4.69) is 6.58 Å². The Morgan fingerprint density at radius 1 is 1.26 bits per heavy atom. The fourth-order valence-corrected chi connectivity index (χ4v) is 4.22. The van der Waals surface area contributed by atoms with Gasteiger partial charge in [0.1, 0.15) is 5.75 Å². The lowest BCUT2D eigenvalue weighted by atomic mass is 9.83. The van der Waals surface area contributed by atoms with E-state index < -0.39 is 17.4 Å². The van der Waals surface area contributed by atoms with E-state index in [0.29, 0.717) is 23.5 Å². The Morgan fingerprint density at radius 2 is 2.00 bits per heavy atom. The topological polar surface area (TPSA) is 90.3 Å². The third-order valence-corrected chi connectivity index (χ3v) is 6.10. The van der Waals surface area contributed by atoms with Crippen molar-refractivity contribution in [1.29, 1.82) is 0 Å². The number of aliphatic hydroxyl groups excluding tert-OH is 1. The van der Waals surface area contributed by atoms with Gasteiger partial charge in [-0.1, -0.05) is 55.5 Å². The number of methoxy groups -OCH3 is 1. The molecule has 0 aliphatic carbocycles. The molecule has 1 aliphatic heterocycles. The molecule has 2 N–H and O–H groups in total. The van der Waals surface area contributed by atoms with Gasteiger partial charge in [0.15, 0.2) is 5.60 Å². The van der Waals surface area contributed by atoms with Gasteiger partial charge in [0.2, 0.25) is 5.91 Å². The van der Waals surface area contributed by atoms with Gasteiger partial charge < -0.3 is 24.7 Å². The number of amides is 2. The van der Waals surface area contributed by atoms with Crippen LogP contribution in [0.3, 0.4) is 0 Å². The lowest BCUT2D eigenvalue weighted by Crippen LogP contribution is -2.44.